The van der Waals surface area contributed by atoms with Crippen LogP contribution in [0.15, 0.2) is 24.3 Å². The number of carbonyl (C=O) groups excluding carboxylic acids is 1. The number of amides is 1. The zero-order valence-electron chi connectivity index (χ0n) is 11.3. The molecule has 0 bridgehead atoms. The maximum atomic E-state index is 11.9. The second kappa shape index (κ2) is 7.01. The molecule has 18 heavy (non-hydrogen) atoms. The molecule has 1 unspecified atom stereocenters. The van der Waals surface area contributed by atoms with Crippen LogP contribution in [0.25, 0.3) is 0 Å². The van der Waals surface area contributed by atoms with Crippen molar-refractivity contribution in [3.05, 3.63) is 29.8 Å². The zero-order chi connectivity index (χ0) is 13.5. The Bertz CT molecular complexity index is 393. The first kappa shape index (κ1) is 14.5. The van der Waals surface area contributed by atoms with E-state index in [9.17, 15) is 9.90 Å². The lowest BCUT2D eigenvalue weighted by molar-refractivity contribution is -0.130. The Morgan fingerprint density at radius 2 is 2.11 bits per heavy atom. The van der Waals surface area contributed by atoms with Crippen molar-refractivity contribution in [1.82, 2.24) is 10.2 Å². The summed E-state index contributed by atoms with van der Waals surface area (Å²) in [6.45, 7) is 5.14. The third kappa shape index (κ3) is 3.74. The number of likely N-dealkylation sites (N-methyl/N-ethyl adjacent to an activating group) is 1. The van der Waals surface area contributed by atoms with Gasteiger partial charge in [0, 0.05) is 12.6 Å². The Hall–Kier alpha value is -1.55. The molecule has 0 aliphatic heterocycles. The third-order valence-electron chi connectivity index (χ3n) is 3.06. The molecule has 0 heterocycles. The van der Waals surface area contributed by atoms with Crippen LogP contribution in [-0.2, 0) is 4.79 Å². The first-order valence-electron chi connectivity index (χ1n) is 6.32. The van der Waals surface area contributed by atoms with Crippen molar-refractivity contribution in [2.75, 3.05) is 20.1 Å². The molecule has 1 rings (SSSR count). The summed E-state index contributed by atoms with van der Waals surface area (Å²) in [6.07, 6.45) is 1.01. The van der Waals surface area contributed by atoms with Crippen molar-refractivity contribution in [2.45, 2.75) is 26.3 Å². The molecule has 4 heteroatoms. The van der Waals surface area contributed by atoms with Gasteiger partial charge in [-0.25, -0.2) is 0 Å². The van der Waals surface area contributed by atoms with Gasteiger partial charge in [0.2, 0.25) is 5.91 Å². The summed E-state index contributed by atoms with van der Waals surface area (Å²) >= 11 is 0. The molecule has 100 valence electrons. The highest BCUT2D eigenvalue weighted by Crippen LogP contribution is 2.26. The van der Waals surface area contributed by atoms with E-state index < -0.39 is 0 Å². The minimum Gasteiger partial charge on any atom is -0.508 e. The molecular formula is C14H22N2O2. The van der Waals surface area contributed by atoms with Gasteiger partial charge in [-0.1, -0.05) is 25.1 Å². The number of nitrogens with zero attached hydrogens (tertiary/aromatic N) is 1. The molecule has 0 spiro atoms. The van der Waals surface area contributed by atoms with Gasteiger partial charge in [0.1, 0.15) is 5.75 Å². The second-order valence-electron chi connectivity index (χ2n) is 4.42. The van der Waals surface area contributed by atoms with Crippen molar-refractivity contribution in [1.29, 1.82) is 0 Å². The molecular weight excluding hydrogens is 228 g/mol. The third-order valence-corrected chi connectivity index (χ3v) is 3.06. The standard InChI is InChI=1S/C14H22N2O2/c1-4-9-15-10-14(18)16(3)11(2)12-7-5-6-8-13(12)17/h5-8,11,15,17H,4,9-10H2,1-3H3. The minimum absolute atomic E-state index is 0.0270. The maximum Gasteiger partial charge on any atom is 0.236 e. The highest BCUT2D eigenvalue weighted by Gasteiger charge is 2.18. The average Bonchev–Trinajstić information content (AvgIpc) is 2.38. The van der Waals surface area contributed by atoms with Crippen molar-refractivity contribution in [3.63, 3.8) is 0 Å². The van der Waals surface area contributed by atoms with Crippen LogP contribution >= 0.6 is 0 Å². The number of hydrogen-bond acceptors (Lipinski definition) is 3. The van der Waals surface area contributed by atoms with E-state index in [2.05, 4.69) is 12.2 Å². The Labute approximate surface area is 109 Å². The maximum absolute atomic E-state index is 11.9. The van der Waals surface area contributed by atoms with Crippen LogP contribution in [0.3, 0.4) is 0 Å². The average molecular weight is 250 g/mol. The molecule has 1 amide bonds. The van der Waals surface area contributed by atoms with Crippen molar-refractivity contribution >= 4 is 5.91 Å². The largest absolute Gasteiger partial charge is 0.508 e. The molecule has 0 radical (unpaired) electrons. The number of phenols is 1. The van der Waals surface area contributed by atoms with Gasteiger partial charge in [0.15, 0.2) is 0 Å². The van der Waals surface area contributed by atoms with Gasteiger partial charge in [0.25, 0.3) is 0 Å². The first-order valence-corrected chi connectivity index (χ1v) is 6.32. The predicted octanol–water partition coefficient (Wildman–Crippen LogP) is 1.91. The fraction of sp³-hybridized carbons (Fsp3) is 0.500. The molecule has 1 aromatic rings. The second-order valence-corrected chi connectivity index (χ2v) is 4.42. The van der Waals surface area contributed by atoms with Gasteiger partial charge in [-0.15, -0.1) is 0 Å². The van der Waals surface area contributed by atoms with E-state index in [0.29, 0.717) is 6.54 Å². The van der Waals surface area contributed by atoms with E-state index in [-0.39, 0.29) is 17.7 Å². The van der Waals surface area contributed by atoms with Crippen LogP contribution in [0, 0.1) is 0 Å². The number of benzene rings is 1. The Morgan fingerprint density at radius 1 is 1.44 bits per heavy atom. The van der Waals surface area contributed by atoms with Gasteiger partial charge in [0.05, 0.1) is 12.6 Å². The summed E-state index contributed by atoms with van der Waals surface area (Å²) in [6, 6.07) is 6.97. The summed E-state index contributed by atoms with van der Waals surface area (Å²) in [4.78, 5) is 13.6. The number of carbonyl (C=O) groups is 1. The number of aromatic hydroxyl groups is 1. The molecule has 0 fully saturated rings. The predicted molar refractivity (Wildman–Crippen MR) is 72.5 cm³/mol. The van der Waals surface area contributed by atoms with E-state index >= 15 is 0 Å². The van der Waals surface area contributed by atoms with E-state index in [1.54, 1.807) is 24.1 Å². The van der Waals surface area contributed by atoms with E-state index in [1.165, 1.54) is 0 Å². The lowest BCUT2D eigenvalue weighted by atomic mass is 10.1. The quantitative estimate of drug-likeness (QED) is 0.758. The monoisotopic (exact) mass is 250 g/mol. The van der Waals surface area contributed by atoms with E-state index in [1.807, 2.05) is 19.1 Å². The fourth-order valence-corrected chi connectivity index (χ4v) is 1.76. The Balaban J connectivity index is 2.63. The van der Waals surface area contributed by atoms with Gasteiger partial charge in [-0.05, 0) is 26.0 Å². The molecule has 2 N–H and O–H groups in total. The SMILES string of the molecule is CCCNCC(=O)N(C)C(C)c1ccccc1O. The smallest absolute Gasteiger partial charge is 0.236 e. The Kier molecular flexibility index (Phi) is 5.65. The molecule has 0 aliphatic rings. The number of rotatable bonds is 6. The highest BCUT2D eigenvalue weighted by molar-refractivity contribution is 5.78. The van der Waals surface area contributed by atoms with Crippen LogP contribution in [0.2, 0.25) is 0 Å². The topological polar surface area (TPSA) is 52.6 Å². The first-order chi connectivity index (χ1) is 8.57. The lowest BCUT2D eigenvalue weighted by Gasteiger charge is -2.26. The summed E-state index contributed by atoms with van der Waals surface area (Å²) in [7, 11) is 1.76. The number of hydrogen-bond donors (Lipinski definition) is 2. The van der Waals surface area contributed by atoms with E-state index in [0.717, 1.165) is 18.5 Å². The van der Waals surface area contributed by atoms with Gasteiger partial charge < -0.3 is 15.3 Å². The fourth-order valence-electron chi connectivity index (χ4n) is 1.76. The summed E-state index contributed by atoms with van der Waals surface area (Å²) in [5.41, 5.74) is 0.767. The van der Waals surface area contributed by atoms with Crippen molar-refractivity contribution < 1.29 is 9.90 Å². The van der Waals surface area contributed by atoms with E-state index in [4.69, 9.17) is 0 Å². The molecule has 0 saturated heterocycles. The van der Waals surface area contributed by atoms with Gasteiger partial charge >= 0.3 is 0 Å². The van der Waals surface area contributed by atoms with Gasteiger partial charge in [-0.3, -0.25) is 4.79 Å². The molecule has 4 nitrogen and oxygen atoms in total. The zero-order valence-corrected chi connectivity index (χ0v) is 11.3. The van der Waals surface area contributed by atoms with Crippen LogP contribution in [0.5, 0.6) is 5.75 Å². The van der Waals surface area contributed by atoms with Gasteiger partial charge in [-0.2, -0.15) is 0 Å². The number of nitrogens with one attached hydrogen (secondary N) is 1. The van der Waals surface area contributed by atoms with Crippen LogP contribution in [0.4, 0.5) is 0 Å². The summed E-state index contributed by atoms with van der Waals surface area (Å²) in [5, 5.41) is 12.9. The molecule has 0 aliphatic carbocycles. The normalized spacial score (nSPS) is 12.2. The Morgan fingerprint density at radius 3 is 2.72 bits per heavy atom. The lowest BCUT2D eigenvalue weighted by Crippen LogP contribution is -2.37. The molecule has 1 atom stereocenters. The summed E-state index contributed by atoms with van der Waals surface area (Å²) in [5.74, 6) is 0.255. The van der Waals surface area contributed by atoms with Crippen molar-refractivity contribution in [2.24, 2.45) is 0 Å². The van der Waals surface area contributed by atoms with Crippen molar-refractivity contribution in [3.8, 4) is 5.75 Å². The van der Waals surface area contributed by atoms with Crippen LogP contribution < -0.4 is 5.32 Å². The van der Waals surface area contributed by atoms with Crippen LogP contribution in [0.1, 0.15) is 31.9 Å². The molecule has 1 aromatic carbocycles. The van der Waals surface area contributed by atoms with Crippen LogP contribution in [-0.4, -0.2) is 36.1 Å². The summed E-state index contributed by atoms with van der Waals surface area (Å²) < 4.78 is 0. The molecule has 0 saturated carbocycles. The highest BCUT2D eigenvalue weighted by atomic mass is 16.3. The minimum atomic E-state index is -0.137. The number of phenolic OH excluding ortho intramolecular Hbond substituents is 1. The molecule has 0 aromatic heterocycles. The number of para-hydroxylation sites is 1.